The summed E-state index contributed by atoms with van der Waals surface area (Å²) in [5, 5.41) is 0. The number of nitrogens with two attached hydrogens (primary N) is 1. The first-order chi connectivity index (χ1) is 9.35. The SMILES string of the molecule is CCCCN(c1nc2ccccn2c1CN)C1CC1. The molecule has 19 heavy (non-hydrogen) atoms. The third kappa shape index (κ3) is 2.32. The van der Waals surface area contributed by atoms with Crippen molar-refractivity contribution in [3.05, 3.63) is 30.1 Å². The molecule has 0 atom stereocenters. The first kappa shape index (κ1) is 12.5. The zero-order chi connectivity index (χ0) is 13.2. The van der Waals surface area contributed by atoms with Crippen molar-refractivity contribution in [1.29, 1.82) is 0 Å². The van der Waals surface area contributed by atoms with Crippen LogP contribution in [0.1, 0.15) is 38.3 Å². The first-order valence-corrected chi connectivity index (χ1v) is 7.27. The minimum atomic E-state index is 0.538. The van der Waals surface area contributed by atoms with E-state index >= 15 is 0 Å². The van der Waals surface area contributed by atoms with Crippen LogP contribution in [0.3, 0.4) is 0 Å². The molecular formula is C15H22N4. The van der Waals surface area contributed by atoms with E-state index in [1.165, 1.54) is 25.7 Å². The molecule has 0 saturated heterocycles. The van der Waals surface area contributed by atoms with Crippen LogP contribution in [0.25, 0.3) is 5.65 Å². The summed E-state index contributed by atoms with van der Waals surface area (Å²) in [5.41, 5.74) is 8.10. The summed E-state index contributed by atoms with van der Waals surface area (Å²) in [6.45, 7) is 3.87. The van der Waals surface area contributed by atoms with Gasteiger partial charge in [-0.3, -0.25) is 0 Å². The second-order valence-electron chi connectivity index (χ2n) is 5.29. The van der Waals surface area contributed by atoms with Crippen molar-refractivity contribution in [2.24, 2.45) is 5.73 Å². The molecule has 0 amide bonds. The molecule has 4 heteroatoms. The van der Waals surface area contributed by atoms with E-state index in [-0.39, 0.29) is 0 Å². The van der Waals surface area contributed by atoms with Gasteiger partial charge < -0.3 is 15.0 Å². The summed E-state index contributed by atoms with van der Waals surface area (Å²) in [6.07, 6.45) is 7.07. The molecule has 4 nitrogen and oxygen atoms in total. The number of hydrogen-bond acceptors (Lipinski definition) is 3. The third-order valence-corrected chi connectivity index (χ3v) is 3.81. The second kappa shape index (κ2) is 5.21. The van der Waals surface area contributed by atoms with Gasteiger partial charge in [-0.25, -0.2) is 4.98 Å². The lowest BCUT2D eigenvalue weighted by Crippen LogP contribution is -2.28. The van der Waals surface area contributed by atoms with Gasteiger partial charge in [0.25, 0.3) is 0 Å². The highest BCUT2D eigenvalue weighted by Crippen LogP contribution is 2.33. The van der Waals surface area contributed by atoms with Crippen molar-refractivity contribution >= 4 is 11.5 Å². The van der Waals surface area contributed by atoms with Gasteiger partial charge in [-0.05, 0) is 31.4 Å². The number of pyridine rings is 1. The molecule has 2 aromatic rings. The van der Waals surface area contributed by atoms with E-state index < -0.39 is 0 Å². The van der Waals surface area contributed by atoms with Crippen LogP contribution in [0.4, 0.5) is 5.82 Å². The van der Waals surface area contributed by atoms with Crippen LogP contribution in [-0.4, -0.2) is 22.0 Å². The summed E-state index contributed by atoms with van der Waals surface area (Å²) in [4.78, 5) is 7.28. The summed E-state index contributed by atoms with van der Waals surface area (Å²) in [7, 11) is 0. The van der Waals surface area contributed by atoms with Crippen LogP contribution >= 0.6 is 0 Å². The second-order valence-corrected chi connectivity index (χ2v) is 5.29. The van der Waals surface area contributed by atoms with E-state index in [1.807, 2.05) is 18.2 Å². The topological polar surface area (TPSA) is 46.6 Å². The molecule has 2 aromatic heterocycles. The van der Waals surface area contributed by atoms with Gasteiger partial charge >= 0.3 is 0 Å². The molecule has 0 aromatic carbocycles. The van der Waals surface area contributed by atoms with Gasteiger partial charge in [0.05, 0.1) is 5.69 Å². The normalized spacial score (nSPS) is 15.1. The van der Waals surface area contributed by atoms with Crippen molar-refractivity contribution in [1.82, 2.24) is 9.38 Å². The average molecular weight is 258 g/mol. The van der Waals surface area contributed by atoms with Crippen LogP contribution in [-0.2, 0) is 6.54 Å². The number of rotatable bonds is 6. The van der Waals surface area contributed by atoms with Gasteiger partial charge in [0.15, 0.2) is 5.82 Å². The quantitative estimate of drug-likeness (QED) is 0.866. The number of anilines is 1. The number of aromatic nitrogens is 2. The van der Waals surface area contributed by atoms with Crippen molar-refractivity contribution < 1.29 is 0 Å². The van der Waals surface area contributed by atoms with Crippen molar-refractivity contribution in [3.8, 4) is 0 Å². The van der Waals surface area contributed by atoms with E-state index in [0.29, 0.717) is 12.6 Å². The Kier molecular flexibility index (Phi) is 3.42. The zero-order valence-electron chi connectivity index (χ0n) is 11.5. The number of imidazole rings is 1. The number of nitrogens with zero attached hydrogens (tertiary/aromatic N) is 3. The fraction of sp³-hybridized carbons (Fsp3) is 0.533. The third-order valence-electron chi connectivity index (χ3n) is 3.81. The van der Waals surface area contributed by atoms with E-state index in [2.05, 4.69) is 22.4 Å². The Morgan fingerprint density at radius 3 is 2.95 bits per heavy atom. The van der Waals surface area contributed by atoms with Crippen molar-refractivity contribution in [2.75, 3.05) is 11.4 Å². The Morgan fingerprint density at radius 2 is 2.26 bits per heavy atom. The molecule has 0 bridgehead atoms. The number of unbranched alkanes of at least 4 members (excludes halogenated alkanes) is 1. The monoisotopic (exact) mass is 258 g/mol. The highest BCUT2D eigenvalue weighted by atomic mass is 15.3. The molecule has 1 aliphatic carbocycles. The molecule has 2 heterocycles. The molecule has 0 aliphatic heterocycles. The minimum Gasteiger partial charge on any atom is -0.352 e. The fourth-order valence-electron chi connectivity index (χ4n) is 2.63. The maximum Gasteiger partial charge on any atom is 0.152 e. The first-order valence-electron chi connectivity index (χ1n) is 7.27. The number of hydrogen-bond donors (Lipinski definition) is 1. The van der Waals surface area contributed by atoms with E-state index in [1.54, 1.807) is 0 Å². The molecule has 102 valence electrons. The lowest BCUT2D eigenvalue weighted by Gasteiger charge is -2.23. The maximum atomic E-state index is 5.96. The molecule has 0 radical (unpaired) electrons. The lowest BCUT2D eigenvalue weighted by atomic mass is 10.3. The fourth-order valence-corrected chi connectivity index (χ4v) is 2.63. The van der Waals surface area contributed by atoms with Gasteiger partial charge in [-0.15, -0.1) is 0 Å². The van der Waals surface area contributed by atoms with Crippen molar-refractivity contribution in [2.45, 2.75) is 45.2 Å². The van der Waals surface area contributed by atoms with E-state index in [9.17, 15) is 0 Å². The zero-order valence-corrected chi connectivity index (χ0v) is 11.5. The summed E-state index contributed by atoms with van der Waals surface area (Å²) in [6, 6.07) is 6.79. The average Bonchev–Trinajstić information content (AvgIpc) is 3.20. The van der Waals surface area contributed by atoms with Gasteiger partial charge in [-0.2, -0.15) is 0 Å². The van der Waals surface area contributed by atoms with Gasteiger partial charge in [0, 0.05) is 25.3 Å². The van der Waals surface area contributed by atoms with Gasteiger partial charge in [-0.1, -0.05) is 19.4 Å². The van der Waals surface area contributed by atoms with Crippen LogP contribution < -0.4 is 10.6 Å². The molecule has 1 aliphatic rings. The van der Waals surface area contributed by atoms with Crippen LogP contribution in [0.2, 0.25) is 0 Å². The molecule has 1 saturated carbocycles. The summed E-state index contributed by atoms with van der Waals surface area (Å²) >= 11 is 0. The molecular weight excluding hydrogens is 236 g/mol. The molecule has 0 spiro atoms. The largest absolute Gasteiger partial charge is 0.352 e. The maximum absolute atomic E-state index is 5.96. The van der Waals surface area contributed by atoms with Crippen LogP contribution in [0.5, 0.6) is 0 Å². The standard InChI is InChI=1S/C15H22N4/c1-2-3-9-18(12-7-8-12)15-13(11-16)19-10-5-4-6-14(19)17-15/h4-6,10,12H,2-3,7-9,11,16H2,1H3. The van der Waals surface area contributed by atoms with Crippen LogP contribution in [0.15, 0.2) is 24.4 Å². The summed E-state index contributed by atoms with van der Waals surface area (Å²) in [5.74, 6) is 1.10. The van der Waals surface area contributed by atoms with Gasteiger partial charge in [0.2, 0.25) is 0 Å². The predicted molar refractivity (Wildman–Crippen MR) is 78.4 cm³/mol. The van der Waals surface area contributed by atoms with Crippen LogP contribution in [0, 0.1) is 0 Å². The lowest BCUT2D eigenvalue weighted by molar-refractivity contribution is 0.701. The predicted octanol–water partition coefficient (Wildman–Crippen LogP) is 2.56. The molecule has 3 rings (SSSR count). The van der Waals surface area contributed by atoms with Gasteiger partial charge in [0.1, 0.15) is 5.65 Å². The molecule has 1 fully saturated rings. The van der Waals surface area contributed by atoms with E-state index in [0.717, 1.165) is 23.7 Å². The Balaban J connectivity index is 2.01. The smallest absolute Gasteiger partial charge is 0.152 e. The Hall–Kier alpha value is -1.55. The summed E-state index contributed by atoms with van der Waals surface area (Å²) < 4.78 is 2.12. The number of fused-ring (bicyclic) bond motifs is 1. The molecule has 2 N–H and O–H groups in total. The van der Waals surface area contributed by atoms with E-state index in [4.69, 9.17) is 10.7 Å². The Morgan fingerprint density at radius 1 is 1.42 bits per heavy atom. The minimum absolute atomic E-state index is 0.538. The van der Waals surface area contributed by atoms with Crippen molar-refractivity contribution in [3.63, 3.8) is 0 Å². The Labute approximate surface area is 114 Å². The Bertz CT molecular complexity index is 556. The highest BCUT2D eigenvalue weighted by Gasteiger charge is 2.31. The molecule has 0 unspecified atom stereocenters. The highest BCUT2D eigenvalue weighted by molar-refractivity contribution is 5.57.